The molecule has 1 aromatic heterocycles. The fraction of sp³-hybridized carbons (Fsp3) is 0.125. The minimum atomic E-state index is -0.285. The molecule has 0 bridgehead atoms. The topological polar surface area (TPSA) is 65.8 Å². The summed E-state index contributed by atoms with van der Waals surface area (Å²) in [6.07, 6.45) is 1.43. The largest absolute Gasteiger partial charge is 0.354 e. The molecule has 0 aliphatic rings. The van der Waals surface area contributed by atoms with Gasteiger partial charge in [0.05, 0.1) is 11.6 Å². The number of hydrogen-bond acceptors (Lipinski definition) is 3. The molecule has 0 unspecified atom stereocenters. The number of hydrogen-bond donors (Lipinski definition) is 1. The summed E-state index contributed by atoms with van der Waals surface area (Å²) >= 11 is 0. The molecule has 0 spiro atoms. The van der Waals surface area contributed by atoms with Gasteiger partial charge in [-0.15, -0.1) is 0 Å². The van der Waals surface area contributed by atoms with E-state index >= 15 is 0 Å². The van der Waals surface area contributed by atoms with E-state index in [-0.39, 0.29) is 11.6 Å². The first-order valence-electron chi connectivity index (χ1n) is 3.36. The van der Waals surface area contributed by atoms with Crippen molar-refractivity contribution in [2.24, 2.45) is 0 Å². The molecule has 1 aromatic rings. The minimum absolute atomic E-state index is 0.261. The highest BCUT2D eigenvalue weighted by molar-refractivity contribution is 5.92. The van der Waals surface area contributed by atoms with Crippen LogP contribution in [-0.4, -0.2) is 17.9 Å². The molecular formula is C8H7N3O. The first-order chi connectivity index (χ1) is 5.77. The lowest BCUT2D eigenvalue weighted by molar-refractivity contribution is 0.0958. The van der Waals surface area contributed by atoms with Crippen LogP contribution in [0.3, 0.4) is 0 Å². The van der Waals surface area contributed by atoms with Crippen molar-refractivity contribution in [1.29, 1.82) is 5.26 Å². The molecule has 0 aliphatic carbocycles. The fourth-order valence-corrected chi connectivity index (χ4v) is 0.752. The standard InChI is InChI=1S/C8H7N3O/c1-10-8(12)7-4-6(5-9)2-3-11-7/h2-4H,1H3,(H,10,12). The van der Waals surface area contributed by atoms with Gasteiger partial charge in [0.1, 0.15) is 5.69 Å². The van der Waals surface area contributed by atoms with E-state index in [1.165, 1.54) is 19.3 Å². The van der Waals surface area contributed by atoms with Gasteiger partial charge in [-0.2, -0.15) is 5.26 Å². The van der Waals surface area contributed by atoms with E-state index in [9.17, 15) is 4.79 Å². The maximum absolute atomic E-state index is 11.0. The third-order valence-corrected chi connectivity index (χ3v) is 1.35. The predicted molar refractivity (Wildman–Crippen MR) is 42.3 cm³/mol. The van der Waals surface area contributed by atoms with Crippen LogP contribution in [0.5, 0.6) is 0 Å². The molecule has 1 rings (SSSR count). The van der Waals surface area contributed by atoms with Crippen molar-refractivity contribution < 1.29 is 4.79 Å². The third-order valence-electron chi connectivity index (χ3n) is 1.35. The van der Waals surface area contributed by atoms with Gasteiger partial charge >= 0.3 is 0 Å². The van der Waals surface area contributed by atoms with Crippen molar-refractivity contribution in [1.82, 2.24) is 10.3 Å². The zero-order chi connectivity index (χ0) is 8.97. The smallest absolute Gasteiger partial charge is 0.269 e. The lowest BCUT2D eigenvalue weighted by Crippen LogP contribution is -2.19. The SMILES string of the molecule is CNC(=O)c1cc(C#N)ccn1. The van der Waals surface area contributed by atoms with Crippen molar-refractivity contribution in [3.8, 4) is 6.07 Å². The average Bonchev–Trinajstić information content (AvgIpc) is 2.17. The number of nitrogens with one attached hydrogen (secondary N) is 1. The summed E-state index contributed by atoms with van der Waals surface area (Å²) in [7, 11) is 1.52. The molecule has 0 aliphatic heterocycles. The number of nitriles is 1. The first-order valence-corrected chi connectivity index (χ1v) is 3.36. The van der Waals surface area contributed by atoms with Gasteiger partial charge in [-0.3, -0.25) is 9.78 Å². The Hall–Kier alpha value is -1.89. The summed E-state index contributed by atoms with van der Waals surface area (Å²) in [5.74, 6) is -0.285. The molecule has 12 heavy (non-hydrogen) atoms. The van der Waals surface area contributed by atoms with Crippen LogP contribution in [0.2, 0.25) is 0 Å². The number of carbonyl (C=O) groups is 1. The molecule has 4 heteroatoms. The summed E-state index contributed by atoms with van der Waals surface area (Å²) in [6, 6.07) is 4.92. The van der Waals surface area contributed by atoms with E-state index in [0.29, 0.717) is 5.56 Å². The van der Waals surface area contributed by atoms with E-state index < -0.39 is 0 Å². The van der Waals surface area contributed by atoms with E-state index in [4.69, 9.17) is 5.26 Å². The lowest BCUT2D eigenvalue weighted by atomic mass is 10.2. The van der Waals surface area contributed by atoms with Crippen molar-refractivity contribution in [3.63, 3.8) is 0 Å². The number of rotatable bonds is 1. The number of amides is 1. The molecular weight excluding hydrogens is 154 g/mol. The van der Waals surface area contributed by atoms with Crippen LogP contribution >= 0.6 is 0 Å². The molecule has 0 atom stereocenters. The Kier molecular flexibility index (Phi) is 2.38. The van der Waals surface area contributed by atoms with Crippen molar-refractivity contribution >= 4 is 5.91 Å². The fourth-order valence-electron chi connectivity index (χ4n) is 0.752. The molecule has 0 radical (unpaired) electrons. The van der Waals surface area contributed by atoms with E-state index in [1.54, 1.807) is 6.07 Å². The van der Waals surface area contributed by atoms with Crippen LogP contribution in [0.1, 0.15) is 16.1 Å². The second-order valence-corrected chi connectivity index (χ2v) is 2.12. The molecule has 1 amide bonds. The molecule has 0 aromatic carbocycles. The number of nitrogens with zero attached hydrogens (tertiary/aromatic N) is 2. The Labute approximate surface area is 69.8 Å². The molecule has 1 N–H and O–H groups in total. The van der Waals surface area contributed by atoms with Crippen LogP contribution in [0.4, 0.5) is 0 Å². The molecule has 0 fully saturated rings. The van der Waals surface area contributed by atoms with Gasteiger partial charge in [-0.25, -0.2) is 0 Å². The second kappa shape index (κ2) is 3.49. The van der Waals surface area contributed by atoms with Gasteiger partial charge in [-0.1, -0.05) is 0 Å². The predicted octanol–water partition coefficient (Wildman–Crippen LogP) is 0.313. The molecule has 0 saturated carbocycles. The van der Waals surface area contributed by atoms with E-state index in [1.807, 2.05) is 6.07 Å². The summed E-state index contributed by atoms with van der Waals surface area (Å²) < 4.78 is 0. The van der Waals surface area contributed by atoms with Crippen molar-refractivity contribution in [2.45, 2.75) is 0 Å². The van der Waals surface area contributed by atoms with E-state index in [2.05, 4.69) is 10.3 Å². The van der Waals surface area contributed by atoms with Crippen molar-refractivity contribution in [3.05, 3.63) is 29.6 Å². The van der Waals surface area contributed by atoms with Gasteiger partial charge in [0.25, 0.3) is 5.91 Å². The number of pyridine rings is 1. The van der Waals surface area contributed by atoms with Crippen LogP contribution in [0, 0.1) is 11.3 Å². The van der Waals surface area contributed by atoms with Crippen LogP contribution < -0.4 is 5.32 Å². The molecule has 60 valence electrons. The Bertz CT molecular complexity index is 340. The molecule has 1 heterocycles. The Morgan fingerprint density at radius 1 is 1.75 bits per heavy atom. The zero-order valence-corrected chi connectivity index (χ0v) is 6.53. The number of carbonyl (C=O) groups excluding carboxylic acids is 1. The highest BCUT2D eigenvalue weighted by atomic mass is 16.1. The van der Waals surface area contributed by atoms with Gasteiger partial charge in [0.15, 0.2) is 0 Å². The second-order valence-electron chi connectivity index (χ2n) is 2.12. The quantitative estimate of drug-likeness (QED) is 0.644. The Morgan fingerprint density at radius 3 is 3.08 bits per heavy atom. The molecule has 4 nitrogen and oxygen atoms in total. The zero-order valence-electron chi connectivity index (χ0n) is 6.53. The van der Waals surface area contributed by atoms with E-state index in [0.717, 1.165) is 0 Å². The van der Waals surface area contributed by atoms with Gasteiger partial charge < -0.3 is 5.32 Å². The maximum Gasteiger partial charge on any atom is 0.269 e. The Balaban J connectivity index is 3.04. The van der Waals surface area contributed by atoms with Gasteiger partial charge in [-0.05, 0) is 12.1 Å². The van der Waals surface area contributed by atoms with Crippen LogP contribution in [-0.2, 0) is 0 Å². The highest BCUT2D eigenvalue weighted by Gasteiger charge is 2.03. The Morgan fingerprint density at radius 2 is 2.50 bits per heavy atom. The maximum atomic E-state index is 11.0. The minimum Gasteiger partial charge on any atom is -0.354 e. The summed E-state index contributed by atoms with van der Waals surface area (Å²) in [6.45, 7) is 0. The highest BCUT2D eigenvalue weighted by Crippen LogP contribution is 1.99. The third kappa shape index (κ3) is 1.58. The summed E-state index contributed by atoms with van der Waals surface area (Å²) in [5, 5.41) is 10.9. The van der Waals surface area contributed by atoms with Gasteiger partial charge in [0.2, 0.25) is 0 Å². The normalized spacial score (nSPS) is 8.67. The monoisotopic (exact) mass is 161 g/mol. The lowest BCUT2D eigenvalue weighted by Gasteiger charge is -1.97. The average molecular weight is 161 g/mol. The van der Waals surface area contributed by atoms with Gasteiger partial charge in [0, 0.05) is 13.2 Å². The summed E-state index contributed by atoms with van der Waals surface area (Å²) in [4.78, 5) is 14.8. The van der Waals surface area contributed by atoms with Crippen molar-refractivity contribution in [2.75, 3.05) is 7.05 Å². The summed E-state index contributed by atoms with van der Waals surface area (Å²) in [5.41, 5.74) is 0.695. The molecule has 0 saturated heterocycles. The number of aromatic nitrogens is 1. The first kappa shape index (κ1) is 8.21. The van der Waals surface area contributed by atoms with Crippen LogP contribution in [0.15, 0.2) is 18.3 Å². The van der Waals surface area contributed by atoms with Crippen LogP contribution in [0.25, 0.3) is 0 Å².